The van der Waals surface area contributed by atoms with Gasteiger partial charge in [-0.2, -0.15) is 5.10 Å². The molecule has 0 aliphatic heterocycles. The lowest BCUT2D eigenvalue weighted by Crippen LogP contribution is -2.18. The number of aryl methyl sites for hydroxylation is 1. The van der Waals surface area contributed by atoms with Gasteiger partial charge >= 0.3 is 0 Å². The fraction of sp³-hybridized carbons (Fsp3) is 0.182. The maximum Gasteiger partial charge on any atom is 0.240 e. The maximum atomic E-state index is 11.9. The van der Waals surface area contributed by atoms with E-state index in [-0.39, 0.29) is 5.91 Å². The van der Waals surface area contributed by atoms with E-state index in [1.54, 1.807) is 12.3 Å². The highest BCUT2D eigenvalue weighted by Crippen LogP contribution is 2.22. The van der Waals surface area contributed by atoms with Crippen LogP contribution in [0.2, 0.25) is 5.02 Å². The van der Waals surface area contributed by atoms with Crippen LogP contribution in [0.3, 0.4) is 0 Å². The maximum absolute atomic E-state index is 11.9. The Labute approximate surface area is 163 Å². The van der Waals surface area contributed by atoms with Gasteiger partial charge in [-0.1, -0.05) is 54.1 Å². The summed E-state index contributed by atoms with van der Waals surface area (Å²) in [4.78, 5) is 11.9. The first-order chi connectivity index (χ1) is 13.1. The molecule has 0 saturated carbocycles. The largest absolute Gasteiger partial charge is 0.493 e. The molecular formula is C22H21ClN2O2. The third kappa shape index (κ3) is 5.31. The second-order valence-corrected chi connectivity index (χ2v) is 6.66. The van der Waals surface area contributed by atoms with Crippen molar-refractivity contribution in [2.24, 2.45) is 5.10 Å². The summed E-state index contributed by atoms with van der Waals surface area (Å²) in [5.41, 5.74) is 4.52. The van der Waals surface area contributed by atoms with E-state index in [1.165, 1.54) is 0 Å². The van der Waals surface area contributed by atoms with Gasteiger partial charge in [0.2, 0.25) is 5.91 Å². The molecule has 0 bridgehead atoms. The van der Waals surface area contributed by atoms with E-state index < -0.39 is 0 Å². The van der Waals surface area contributed by atoms with Crippen LogP contribution < -0.4 is 10.2 Å². The van der Waals surface area contributed by atoms with Crippen LogP contribution in [-0.2, 0) is 4.79 Å². The highest BCUT2D eigenvalue weighted by atomic mass is 35.5. The van der Waals surface area contributed by atoms with E-state index >= 15 is 0 Å². The van der Waals surface area contributed by atoms with Crippen molar-refractivity contribution in [3.63, 3.8) is 0 Å². The van der Waals surface area contributed by atoms with Gasteiger partial charge in [-0.05, 0) is 47.9 Å². The van der Waals surface area contributed by atoms with Crippen LogP contribution in [0.4, 0.5) is 0 Å². The summed E-state index contributed by atoms with van der Waals surface area (Å²) in [5.74, 6) is 0.650. The number of hydrogen-bond acceptors (Lipinski definition) is 3. The van der Waals surface area contributed by atoms with Crippen LogP contribution in [0, 0.1) is 6.92 Å². The molecule has 0 fully saturated rings. The number of halogens is 1. The van der Waals surface area contributed by atoms with Crippen molar-refractivity contribution in [2.75, 3.05) is 6.61 Å². The Morgan fingerprint density at radius 2 is 1.96 bits per heavy atom. The SMILES string of the molecule is Cc1cc(Cl)ccc1OCCCC(=O)NN=Cc1cccc2ccccc12. The first kappa shape index (κ1) is 18.9. The number of amides is 1. The Bertz CT molecular complexity index is 964. The van der Waals surface area contributed by atoms with Crippen LogP contribution in [0.5, 0.6) is 5.75 Å². The van der Waals surface area contributed by atoms with Crippen molar-refractivity contribution in [2.45, 2.75) is 19.8 Å². The lowest BCUT2D eigenvalue weighted by Gasteiger charge is -2.08. The normalized spacial score (nSPS) is 11.0. The number of hydrogen-bond donors (Lipinski definition) is 1. The minimum atomic E-state index is -0.136. The summed E-state index contributed by atoms with van der Waals surface area (Å²) >= 11 is 5.92. The molecule has 0 aliphatic rings. The number of nitrogens with zero attached hydrogens (tertiary/aromatic N) is 1. The standard InChI is InChI=1S/C22H21ClN2O2/c1-16-14-19(23)11-12-21(16)27-13-5-10-22(26)25-24-15-18-8-4-7-17-6-2-3-9-20(17)18/h2-4,6-9,11-12,14-15H,5,10,13H2,1H3,(H,25,26). The van der Waals surface area contributed by atoms with Gasteiger partial charge in [-0.3, -0.25) is 4.79 Å². The van der Waals surface area contributed by atoms with E-state index in [1.807, 2.05) is 61.5 Å². The van der Waals surface area contributed by atoms with Gasteiger partial charge in [-0.15, -0.1) is 0 Å². The zero-order valence-corrected chi connectivity index (χ0v) is 15.9. The van der Waals surface area contributed by atoms with Gasteiger partial charge in [0.05, 0.1) is 12.8 Å². The summed E-state index contributed by atoms with van der Waals surface area (Å²) in [6, 6.07) is 19.5. The van der Waals surface area contributed by atoms with Crippen LogP contribution in [0.1, 0.15) is 24.0 Å². The van der Waals surface area contributed by atoms with Crippen molar-refractivity contribution in [3.05, 3.63) is 76.8 Å². The second kappa shape index (κ2) is 9.19. The van der Waals surface area contributed by atoms with Crippen molar-refractivity contribution in [1.29, 1.82) is 0 Å². The fourth-order valence-corrected chi connectivity index (χ4v) is 3.01. The van der Waals surface area contributed by atoms with Gasteiger partial charge < -0.3 is 4.74 Å². The number of carbonyl (C=O) groups is 1. The molecule has 0 spiro atoms. The Hall–Kier alpha value is -2.85. The molecule has 3 rings (SSSR count). The van der Waals surface area contributed by atoms with E-state index in [9.17, 15) is 4.79 Å². The van der Waals surface area contributed by atoms with Crippen LogP contribution in [0.15, 0.2) is 65.8 Å². The summed E-state index contributed by atoms with van der Waals surface area (Å²) < 4.78 is 5.69. The number of fused-ring (bicyclic) bond motifs is 1. The van der Waals surface area contributed by atoms with Crippen molar-refractivity contribution >= 4 is 34.5 Å². The van der Waals surface area contributed by atoms with Gasteiger partial charge in [0, 0.05) is 17.0 Å². The van der Waals surface area contributed by atoms with Crippen LogP contribution in [-0.4, -0.2) is 18.7 Å². The van der Waals surface area contributed by atoms with Crippen LogP contribution in [0.25, 0.3) is 10.8 Å². The molecule has 0 heterocycles. The predicted octanol–water partition coefficient (Wildman–Crippen LogP) is 5.11. The number of rotatable bonds is 7. The molecule has 138 valence electrons. The quantitative estimate of drug-likeness (QED) is 0.351. The molecule has 3 aromatic carbocycles. The number of benzene rings is 3. The van der Waals surface area contributed by atoms with Gasteiger partial charge in [0.15, 0.2) is 0 Å². The number of nitrogens with one attached hydrogen (secondary N) is 1. The third-order valence-electron chi connectivity index (χ3n) is 4.16. The molecule has 1 N–H and O–H groups in total. The van der Waals surface area contributed by atoms with E-state index in [0.717, 1.165) is 27.6 Å². The average molecular weight is 381 g/mol. The summed E-state index contributed by atoms with van der Waals surface area (Å²) in [7, 11) is 0. The molecular weight excluding hydrogens is 360 g/mol. The molecule has 5 heteroatoms. The molecule has 3 aromatic rings. The highest BCUT2D eigenvalue weighted by Gasteiger charge is 2.03. The zero-order chi connectivity index (χ0) is 19.1. The molecule has 0 aliphatic carbocycles. The number of ether oxygens (including phenoxy) is 1. The van der Waals surface area contributed by atoms with Crippen LogP contribution >= 0.6 is 11.6 Å². The first-order valence-corrected chi connectivity index (χ1v) is 9.20. The molecule has 1 amide bonds. The second-order valence-electron chi connectivity index (χ2n) is 6.22. The molecule has 0 atom stereocenters. The van der Waals surface area contributed by atoms with Crippen molar-refractivity contribution in [3.8, 4) is 5.75 Å². The van der Waals surface area contributed by atoms with Crippen molar-refractivity contribution in [1.82, 2.24) is 5.43 Å². The first-order valence-electron chi connectivity index (χ1n) is 8.82. The Morgan fingerprint density at radius 3 is 2.81 bits per heavy atom. The van der Waals surface area contributed by atoms with Gasteiger partial charge in [-0.25, -0.2) is 5.43 Å². The molecule has 0 saturated heterocycles. The molecule has 0 radical (unpaired) electrons. The molecule has 4 nitrogen and oxygen atoms in total. The lowest BCUT2D eigenvalue weighted by atomic mass is 10.1. The molecule has 0 unspecified atom stereocenters. The van der Waals surface area contributed by atoms with Gasteiger partial charge in [0.1, 0.15) is 5.75 Å². The minimum Gasteiger partial charge on any atom is -0.493 e. The smallest absolute Gasteiger partial charge is 0.240 e. The van der Waals surface area contributed by atoms with E-state index in [4.69, 9.17) is 16.3 Å². The average Bonchev–Trinajstić information content (AvgIpc) is 2.67. The van der Waals surface area contributed by atoms with Crippen molar-refractivity contribution < 1.29 is 9.53 Å². The Balaban J connectivity index is 1.45. The predicted molar refractivity (Wildman–Crippen MR) is 111 cm³/mol. The summed E-state index contributed by atoms with van der Waals surface area (Å²) in [5, 5.41) is 7.00. The van der Waals surface area contributed by atoms with E-state index in [0.29, 0.717) is 24.5 Å². The Morgan fingerprint density at radius 1 is 1.15 bits per heavy atom. The summed E-state index contributed by atoms with van der Waals surface area (Å²) in [6.45, 7) is 2.40. The number of hydrazone groups is 1. The van der Waals surface area contributed by atoms with E-state index in [2.05, 4.69) is 10.5 Å². The van der Waals surface area contributed by atoms with Gasteiger partial charge in [0.25, 0.3) is 0 Å². The molecule has 27 heavy (non-hydrogen) atoms. The minimum absolute atomic E-state index is 0.136. The Kier molecular flexibility index (Phi) is 6.44. The topological polar surface area (TPSA) is 50.7 Å². The third-order valence-corrected chi connectivity index (χ3v) is 4.39. The monoisotopic (exact) mass is 380 g/mol. The number of carbonyl (C=O) groups excluding carboxylic acids is 1. The lowest BCUT2D eigenvalue weighted by molar-refractivity contribution is -0.121. The highest BCUT2D eigenvalue weighted by molar-refractivity contribution is 6.30. The summed E-state index contributed by atoms with van der Waals surface area (Å²) in [6.07, 6.45) is 2.63. The zero-order valence-electron chi connectivity index (χ0n) is 15.1. The fourth-order valence-electron chi connectivity index (χ4n) is 2.78. The molecule has 0 aromatic heterocycles.